The molecule has 0 radical (unpaired) electrons. The van der Waals surface area contributed by atoms with Crippen LogP contribution in [-0.4, -0.2) is 41.2 Å². The number of amides is 1. The molecule has 0 aliphatic heterocycles. The predicted octanol–water partition coefficient (Wildman–Crippen LogP) is 1.49. The molecule has 1 N–H and O–H groups in total. The summed E-state index contributed by atoms with van der Waals surface area (Å²) in [5.41, 5.74) is 1.82. The van der Waals surface area contributed by atoms with Crippen molar-refractivity contribution in [1.29, 1.82) is 0 Å². The van der Waals surface area contributed by atoms with Gasteiger partial charge in [0.1, 0.15) is 6.54 Å². The van der Waals surface area contributed by atoms with Crippen LogP contribution in [0.15, 0.2) is 6.07 Å². The zero-order valence-corrected chi connectivity index (χ0v) is 14.5. The lowest BCUT2D eigenvalue weighted by atomic mass is 10.2. The Hall–Kier alpha value is -2.31. The van der Waals surface area contributed by atoms with Gasteiger partial charge in [-0.1, -0.05) is 0 Å². The van der Waals surface area contributed by atoms with Gasteiger partial charge in [0.2, 0.25) is 0 Å². The van der Waals surface area contributed by atoms with E-state index in [0.29, 0.717) is 11.3 Å². The summed E-state index contributed by atoms with van der Waals surface area (Å²) in [6.45, 7) is 7.07. The molecule has 0 aromatic carbocycles. The van der Waals surface area contributed by atoms with E-state index in [1.807, 2.05) is 0 Å². The van der Waals surface area contributed by atoms with Gasteiger partial charge in [-0.15, -0.1) is 0 Å². The van der Waals surface area contributed by atoms with Gasteiger partial charge >= 0.3 is 11.9 Å². The quantitative estimate of drug-likeness (QED) is 0.763. The van der Waals surface area contributed by atoms with Gasteiger partial charge in [-0.25, -0.2) is 4.79 Å². The first-order valence-corrected chi connectivity index (χ1v) is 8.17. The number of hydrogen-bond acceptors (Lipinski definition) is 5. The second kappa shape index (κ2) is 7.51. The lowest BCUT2D eigenvalue weighted by molar-refractivity contribution is -0.155. The van der Waals surface area contributed by atoms with Crippen molar-refractivity contribution in [2.24, 2.45) is 0 Å². The van der Waals surface area contributed by atoms with Crippen molar-refractivity contribution in [3.05, 3.63) is 23.0 Å². The molecule has 1 atom stereocenters. The summed E-state index contributed by atoms with van der Waals surface area (Å²) in [5.74, 6) is -1.22. The fourth-order valence-electron chi connectivity index (χ4n) is 2.42. The van der Waals surface area contributed by atoms with Gasteiger partial charge in [0.05, 0.1) is 12.2 Å². The molecule has 0 bridgehead atoms. The minimum atomic E-state index is -0.834. The van der Waals surface area contributed by atoms with E-state index in [4.69, 9.17) is 9.47 Å². The summed E-state index contributed by atoms with van der Waals surface area (Å²) in [7, 11) is 0. The van der Waals surface area contributed by atoms with Crippen LogP contribution in [0.1, 0.15) is 48.4 Å². The van der Waals surface area contributed by atoms with Crippen molar-refractivity contribution in [3.63, 3.8) is 0 Å². The third kappa shape index (κ3) is 4.37. The first kappa shape index (κ1) is 18.0. The average Bonchev–Trinajstić information content (AvgIpc) is 3.28. The Morgan fingerprint density at radius 3 is 2.58 bits per heavy atom. The first-order chi connectivity index (χ1) is 11.3. The average molecular weight is 336 g/mol. The molecule has 2 rings (SSSR count). The number of aryl methyl sites for hydroxylation is 1. The van der Waals surface area contributed by atoms with Gasteiger partial charge in [0, 0.05) is 17.4 Å². The van der Waals surface area contributed by atoms with Crippen molar-refractivity contribution in [2.45, 2.75) is 59.2 Å². The molecule has 1 amide bonds. The lowest BCUT2D eigenvalue weighted by Crippen LogP contribution is -2.37. The van der Waals surface area contributed by atoms with Gasteiger partial charge in [-0.3, -0.25) is 9.59 Å². The highest BCUT2D eigenvalue weighted by atomic mass is 16.5. The van der Waals surface area contributed by atoms with E-state index in [1.54, 1.807) is 38.3 Å². The highest BCUT2D eigenvalue weighted by molar-refractivity contribution is 5.91. The summed E-state index contributed by atoms with van der Waals surface area (Å²) in [6, 6.07) is 1.91. The Morgan fingerprint density at radius 1 is 1.33 bits per heavy atom. The Bertz CT molecular complexity index is 646. The number of aromatic nitrogens is 1. The van der Waals surface area contributed by atoms with Gasteiger partial charge in [-0.2, -0.15) is 0 Å². The van der Waals surface area contributed by atoms with Gasteiger partial charge in [-0.05, 0) is 46.6 Å². The molecule has 7 nitrogen and oxygen atoms in total. The fourth-order valence-corrected chi connectivity index (χ4v) is 2.42. The van der Waals surface area contributed by atoms with Crippen molar-refractivity contribution in [3.8, 4) is 0 Å². The number of ether oxygens (including phenoxy) is 2. The number of nitrogens with zero attached hydrogens (tertiary/aromatic N) is 1. The van der Waals surface area contributed by atoms with E-state index in [-0.39, 0.29) is 25.1 Å². The smallest absolute Gasteiger partial charge is 0.339 e. The number of carbonyl (C=O) groups is 3. The summed E-state index contributed by atoms with van der Waals surface area (Å²) >= 11 is 0. The summed E-state index contributed by atoms with van der Waals surface area (Å²) in [4.78, 5) is 35.8. The van der Waals surface area contributed by atoms with Gasteiger partial charge in [0.15, 0.2) is 6.10 Å². The van der Waals surface area contributed by atoms with E-state index in [2.05, 4.69) is 5.32 Å². The standard InChI is InChI=1S/C17H24N2O5/c1-5-23-17(22)14-8-10(2)19(11(14)3)9-15(20)24-12(4)16(21)18-13-6-7-13/h8,12-13H,5-7,9H2,1-4H3,(H,18,21)/t12-/m1/s1. The van der Waals surface area contributed by atoms with Crippen LogP contribution in [-0.2, 0) is 25.6 Å². The molecule has 1 aliphatic rings. The fraction of sp³-hybridized carbons (Fsp3) is 0.588. The second-order valence-corrected chi connectivity index (χ2v) is 6.01. The highest BCUT2D eigenvalue weighted by Crippen LogP contribution is 2.19. The lowest BCUT2D eigenvalue weighted by Gasteiger charge is -2.15. The van der Waals surface area contributed by atoms with Gasteiger partial charge < -0.3 is 19.4 Å². The van der Waals surface area contributed by atoms with Crippen molar-refractivity contribution >= 4 is 17.8 Å². The van der Waals surface area contributed by atoms with Crippen molar-refractivity contribution in [2.75, 3.05) is 6.61 Å². The topological polar surface area (TPSA) is 86.6 Å². The van der Waals surface area contributed by atoms with Crippen molar-refractivity contribution < 1.29 is 23.9 Å². The van der Waals surface area contributed by atoms with Crippen LogP contribution in [0.2, 0.25) is 0 Å². The second-order valence-electron chi connectivity index (χ2n) is 6.01. The van der Waals surface area contributed by atoms with Gasteiger partial charge in [0.25, 0.3) is 5.91 Å². The molecular weight excluding hydrogens is 312 g/mol. The maximum Gasteiger partial charge on any atom is 0.339 e. The number of nitrogens with one attached hydrogen (secondary N) is 1. The number of hydrogen-bond donors (Lipinski definition) is 1. The van der Waals surface area contributed by atoms with E-state index < -0.39 is 18.0 Å². The molecular formula is C17H24N2O5. The molecule has 0 saturated heterocycles. The molecule has 1 heterocycles. The molecule has 0 unspecified atom stereocenters. The minimum absolute atomic E-state index is 0.0574. The summed E-state index contributed by atoms with van der Waals surface area (Å²) < 4.78 is 11.9. The zero-order chi connectivity index (χ0) is 17.9. The monoisotopic (exact) mass is 336 g/mol. The van der Waals surface area contributed by atoms with E-state index in [1.165, 1.54) is 0 Å². The van der Waals surface area contributed by atoms with Crippen LogP contribution < -0.4 is 5.32 Å². The molecule has 1 saturated carbocycles. The van der Waals surface area contributed by atoms with E-state index in [0.717, 1.165) is 18.5 Å². The van der Waals surface area contributed by atoms with Crippen LogP contribution in [0.3, 0.4) is 0 Å². The predicted molar refractivity (Wildman–Crippen MR) is 86.6 cm³/mol. The molecule has 1 aromatic rings. The Kier molecular flexibility index (Phi) is 5.64. The highest BCUT2D eigenvalue weighted by Gasteiger charge is 2.27. The third-order valence-corrected chi connectivity index (χ3v) is 3.96. The number of carbonyl (C=O) groups excluding carboxylic acids is 3. The molecule has 1 fully saturated rings. The Labute approximate surface area is 141 Å². The Balaban J connectivity index is 1.98. The normalized spacial score (nSPS) is 14.8. The first-order valence-electron chi connectivity index (χ1n) is 8.17. The molecule has 1 aromatic heterocycles. The summed E-state index contributed by atoms with van der Waals surface area (Å²) in [6.07, 6.45) is 1.12. The van der Waals surface area contributed by atoms with E-state index >= 15 is 0 Å². The number of rotatable bonds is 7. The number of esters is 2. The zero-order valence-electron chi connectivity index (χ0n) is 14.5. The van der Waals surface area contributed by atoms with Crippen LogP contribution >= 0.6 is 0 Å². The molecule has 132 valence electrons. The molecule has 0 spiro atoms. The van der Waals surface area contributed by atoms with Crippen LogP contribution in [0.25, 0.3) is 0 Å². The Morgan fingerprint density at radius 2 is 2.00 bits per heavy atom. The molecule has 7 heteroatoms. The SMILES string of the molecule is CCOC(=O)c1cc(C)n(CC(=O)O[C@H](C)C(=O)NC2CC2)c1C. The molecule has 1 aliphatic carbocycles. The third-order valence-electron chi connectivity index (χ3n) is 3.96. The maximum absolute atomic E-state index is 12.1. The van der Waals surface area contributed by atoms with Crippen LogP contribution in [0, 0.1) is 13.8 Å². The van der Waals surface area contributed by atoms with Crippen LogP contribution in [0.4, 0.5) is 0 Å². The van der Waals surface area contributed by atoms with Crippen molar-refractivity contribution in [1.82, 2.24) is 9.88 Å². The largest absolute Gasteiger partial charge is 0.462 e. The van der Waals surface area contributed by atoms with E-state index in [9.17, 15) is 14.4 Å². The minimum Gasteiger partial charge on any atom is -0.462 e. The van der Waals surface area contributed by atoms with Crippen LogP contribution in [0.5, 0.6) is 0 Å². The summed E-state index contributed by atoms with van der Waals surface area (Å²) in [5, 5.41) is 2.79. The maximum atomic E-state index is 12.1. The molecule has 24 heavy (non-hydrogen) atoms.